The van der Waals surface area contributed by atoms with Crippen LogP contribution in [0.1, 0.15) is 5.56 Å². The Balaban J connectivity index is 2.15. The van der Waals surface area contributed by atoms with Gasteiger partial charge in [-0.15, -0.1) is 0 Å². The second-order valence-electron chi connectivity index (χ2n) is 5.86. The van der Waals surface area contributed by atoms with E-state index in [9.17, 15) is 4.79 Å². The van der Waals surface area contributed by atoms with Gasteiger partial charge < -0.3 is 14.7 Å². The minimum Gasteiger partial charge on any atom is -0.497 e. The molecule has 5 nitrogen and oxygen atoms in total. The summed E-state index contributed by atoms with van der Waals surface area (Å²) in [6.07, 6.45) is 0. The minimum absolute atomic E-state index is 0.163. The molecule has 6 heteroatoms. The number of nitrogens with zero attached hydrogens (tertiary/aromatic N) is 2. The van der Waals surface area contributed by atoms with Crippen molar-refractivity contribution in [2.45, 2.75) is 0 Å². The molecule has 3 rings (SSSR count). The van der Waals surface area contributed by atoms with E-state index in [1.165, 1.54) is 0 Å². The maximum Gasteiger partial charge on any atom is 0.323 e. The van der Waals surface area contributed by atoms with Gasteiger partial charge in [-0.1, -0.05) is 42.5 Å². The molecule has 1 aromatic heterocycles. The Hall–Kier alpha value is -2.99. The molecule has 132 valence electrons. The molecule has 0 aliphatic carbocycles. The van der Waals surface area contributed by atoms with E-state index < -0.39 is 5.97 Å². The Morgan fingerprint density at radius 2 is 1.96 bits per heavy atom. The fourth-order valence-corrected chi connectivity index (χ4v) is 3.00. The number of methoxy groups -OCH3 is 1. The largest absolute Gasteiger partial charge is 0.497 e. The number of fused-ring (bicyclic) bond motifs is 1. The van der Waals surface area contributed by atoms with Crippen molar-refractivity contribution in [2.24, 2.45) is 0 Å². The molecule has 0 amide bonds. The number of pyridine rings is 1. The first-order chi connectivity index (χ1) is 12.5. The first kappa shape index (κ1) is 17.8. The average molecular weight is 366 g/mol. The maximum atomic E-state index is 11.0. The zero-order valence-electron chi connectivity index (χ0n) is 14.5. The van der Waals surface area contributed by atoms with Gasteiger partial charge in [-0.2, -0.15) is 0 Å². The number of rotatable bonds is 5. The monoisotopic (exact) mass is 366 g/mol. The highest BCUT2D eigenvalue weighted by molar-refractivity contribution is 7.80. The van der Waals surface area contributed by atoms with E-state index in [2.05, 4.69) is 0 Å². The van der Waals surface area contributed by atoms with Crippen molar-refractivity contribution < 1.29 is 14.6 Å². The fraction of sp³-hybridized carbons (Fsp3) is 0.150. The Kier molecular flexibility index (Phi) is 5.14. The Bertz CT molecular complexity index is 988. The first-order valence-electron chi connectivity index (χ1n) is 8.01. The predicted molar refractivity (Wildman–Crippen MR) is 106 cm³/mol. The predicted octanol–water partition coefficient (Wildman–Crippen LogP) is 3.60. The van der Waals surface area contributed by atoms with Crippen molar-refractivity contribution in [3.05, 3.63) is 60.2 Å². The van der Waals surface area contributed by atoms with Crippen LogP contribution in [0.4, 0.5) is 0 Å². The number of carboxylic acid groups (broad SMARTS) is 1. The zero-order valence-corrected chi connectivity index (χ0v) is 15.3. The van der Waals surface area contributed by atoms with Crippen molar-refractivity contribution in [1.29, 1.82) is 0 Å². The number of ether oxygens (including phenoxy) is 1. The molecular weight excluding hydrogens is 348 g/mol. The van der Waals surface area contributed by atoms with Crippen molar-refractivity contribution in [2.75, 3.05) is 20.7 Å². The third kappa shape index (κ3) is 3.65. The molecule has 0 aliphatic heterocycles. The van der Waals surface area contributed by atoms with Gasteiger partial charge in [0.25, 0.3) is 0 Å². The van der Waals surface area contributed by atoms with Crippen molar-refractivity contribution in [1.82, 2.24) is 9.88 Å². The molecule has 3 aromatic rings. The quantitative estimate of drug-likeness (QED) is 0.696. The summed E-state index contributed by atoms with van der Waals surface area (Å²) >= 11 is 5.56. The summed E-state index contributed by atoms with van der Waals surface area (Å²) in [4.78, 5) is 17.8. The number of benzene rings is 2. The zero-order chi connectivity index (χ0) is 18.7. The van der Waals surface area contributed by atoms with Crippen LogP contribution in [0.3, 0.4) is 0 Å². The molecular formula is C20H18N2O3S. The second-order valence-corrected chi connectivity index (χ2v) is 6.25. The molecule has 26 heavy (non-hydrogen) atoms. The Labute approximate surface area is 156 Å². The van der Waals surface area contributed by atoms with Gasteiger partial charge >= 0.3 is 5.97 Å². The van der Waals surface area contributed by atoms with Crippen LogP contribution in [0, 0.1) is 0 Å². The molecule has 0 atom stereocenters. The molecule has 0 aliphatic rings. The van der Waals surface area contributed by atoms with Gasteiger partial charge in [0, 0.05) is 23.6 Å². The molecule has 0 fully saturated rings. The van der Waals surface area contributed by atoms with E-state index in [1.54, 1.807) is 19.1 Å². The highest BCUT2D eigenvalue weighted by Gasteiger charge is 2.16. The number of para-hydroxylation sites is 1. The normalized spacial score (nSPS) is 10.5. The van der Waals surface area contributed by atoms with E-state index in [0.717, 1.165) is 33.5 Å². The van der Waals surface area contributed by atoms with Gasteiger partial charge in [0.1, 0.15) is 17.3 Å². The summed E-state index contributed by atoms with van der Waals surface area (Å²) in [5, 5.41) is 9.95. The lowest BCUT2D eigenvalue weighted by molar-refractivity contribution is -0.137. The van der Waals surface area contributed by atoms with E-state index in [1.807, 2.05) is 54.6 Å². The molecule has 0 saturated heterocycles. The van der Waals surface area contributed by atoms with Crippen LogP contribution in [0.2, 0.25) is 0 Å². The van der Waals surface area contributed by atoms with Crippen LogP contribution in [0.5, 0.6) is 5.75 Å². The minimum atomic E-state index is -0.929. The maximum absolute atomic E-state index is 11.0. The van der Waals surface area contributed by atoms with E-state index in [0.29, 0.717) is 4.99 Å². The van der Waals surface area contributed by atoms with Gasteiger partial charge in [0.15, 0.2) is 0 Å². The molecule has 0 bridgehead atoms. The Morgan fingerprint density at radius 3 is 2.69 bits per heavy atom. The summed E-state index contributed by atoms with van der Waals surface area (Å²) in [6, 6.07) is 17.2. The lowest BCUT2D eigenvalue weighted by Gasteiger charge is -2.20. The van der Waals surface area contributed by atoms with Crippen LogP contribution < -0.4 is 4.74 Å². The van der Waals surface area contributed by atoms with Crippen molar-refractivity contribution >= 4 is 34.1 Å². The third-order valence-electron chi connectivity index (χ3n) is 4.03. The molecule has 1 N–H and O–H groups in total. The molecule has 0 spiro atoms. The van der Waals surface area contributed by atoms with E-state index >= 15 is 0 Å². The number of aromatic nitrogens is 1. The van der Waals surface area contributed by atoms with Gasteiger partial charge in [0.2, 0.25) is 0 Å². The van der Waals surface area contributed by atoms with Crippen LogP contribution in [-0.4, -0.2) is 46.7 Å². The number of likely N-dealkylation sites (N-methyl/N-ethyl adjacent to an activating group) is 1. The fourth-order valence-electron chi connectivity index (χ4n) is 2.76. The topological polar surface area (TPSA) is 62.7 Å². The summed E-state index contributed by atoms with van der Waals surface area (Å²) in [5.41, 5.74) is 3.24. The van der Waals surface area contributed by atoms with Gasteiger partial charge in [-0.05, 0) is 24.3 Å². The van der Waals surface area contributed by atoms with Gasteiger partial charge in [0.05, 0.1) is 18.3 Å². The average Bonchev–Trinajstić information content (AvgIpc) is 2.66. The van der Waals surface area contributed by atoms with E-state index in [-0.39, 0.29) is 6.54 Å². The molecule has 0 saturated carbocycles. The number of carbonyl (C=O) groups is 1. The second kappa shape index (κ2) is 7.49. The number of hydrogen-bond donors (Lipinski definition) is 1. The van der Waals surface area contributed by atoms with Crippen LogP contribution in [-0.2, 0) is 4.79 Å². The van der Waals surface area contributed by atoms with Crippen LogP contribution in [0.25, 0.3) is 22.2 Å². The number of aliphatic carboxylic acids is 1. The van der Waals surface area contributed by atoms with Crippen LogP contribution in [0.15, 0.2) is 54.6 Å². The number of carboxylic acids is 1. The summed E-state index contributed by atoms with van der Waals surface area (Å²) in [7, 11) is 3.30. The van der Waals surface area contributed by atoms with Crippen molar-refractivity contribution in [3.63, 3.8) is 0 Å². The first-order valence-corrected chi connectivity index (χ1v) is 8.42. The molecule has 0 radical (unpaired) electrons. The smallest absolute Gasteiger partial charge is 0.323 e. The summed E-state index contributed by atoms with van der Waals surface area (Å²) < 4.78 is 5.30. The lowest BCUT2D eigenvalue weighted by Crippen LogP contribution is -2.31. The van der Waals surface area contributed by atoms with Crippen molar-refractivity contribution in [3.8, 4) is 17.0 Å². The summed E-state index contributed by atoms with van der Waals surface area (Å²) in [6.45, 7) is -0.163. The standard InChI is InChI=1S/C20H18N2O3S/c1-22(12-19(23)24)20(26)16-11-18(13-6-5-7-14(10-13)25-2)21-17-9-4-3-8-15(16)17/h3-11H,12H2,1-2H3,(H,23,24). The van der Waals surface area contributed by atoms with Crippen LogP contribution >= 0.6 is 12.2 Å². The number of hydrogen-bond acceptors (Lipinski definition) is 4. The van der Waals surface area contributed by atoms with E-state index in [4.69, 9.17) is 27.0 Å². The molecule has 0 unspecified atom stereocenters. The molecule has 2 aromatic carbocycles. The highest BCUT2D eigenvalue weighted by atomic mass is 32.1. The highest BCUT2D eigenvalue weighted by Crippen LogP contribution is 2.28. The molecule has 1 heterocycles. The third-order valence-corrected chi connectivity index (χ3v) is 4.56. The Morgan fingerprint density at radius 1 is 1.19 bits per heavy atom. The van der Waals surface area contributed by atoms with Gasteiger partial charge in [-0.3, -0.25) is 4.79 Å². The van der Waals surface area contributed by atoms with Gasteiger partial charge in [-0.25, -0.2) is 4.98 Å². The lowest BCUT2D eigenvalue weighted by atomic mass is 10.0. The number of thiocarbonyl (C=S) groups is 1. The SMILES string of the molecule is COc1cccc(-c2cc(C(=S)N(C)CC(=O)O)c3ccccc3n2)c1. The summed E-state index contributed by atoms with van der Waals surface area (Å²) in [5.74, 6) is -0.189.